The second-order valence-electron chi connectivity index (χ2n) is 3.43. The number of hydrogen-bond donors (Lipinski definition) is 1. The third kappa shape index (κ3) is 2.21. The Kier molecular flexibility index (Phi) is 3.53. The first-order valence-electron chi connectivity index (χ1n) is 4.80. The van der Waals surface area contributed by atoms with Gasteiger partial charge in [-0.25, -0.2) is 0 Å². The lowest BCUT2D eigenvalue weighted by Crippen LogP contribution is -2.42. The maximum atomic E-state index is 11.5. The van der Waals surface area contributed by atoms with Gasteiger partial charge in [0.25, 0.3) is 0 Å². The summed E-state index contributed by atoms with van der Waals surface area (Å²) in [5.74, 6) is 0.148. The van der Waals surface area contributed by atoms with Gasteiger partial charge in [-0.15, -0.1) is 0 Å². The smallest absolute Gasteiger partial charge is 0.239 e. The van der Waals surface area contributed by atoms with Crippen LogP contribution in [0.25, 0.3) is 0 Å². The highest BCUT2D eigenvalue weighted by Crippen LogP contribution is 2.10. The van der Waals surface area contributed by atoms with Crippen LogP contribution < -0.4 is 5.73 Å². The monoisotopic (exact) mass is 170 g/mol. The quantitative estimate of drug-likeness (QED) is 0.664. The molecular formula is C9H18N2O. The maximum absolute atomic E-state index is 11.5. The molecule has 1 aliphatic heterocycles. The Balaban J connectivity index is 2.52. The zero-order chi connectivity index (χ0) is 8.97. The highest BCUT2D eigenvalue weighted by molar-refractivity contribution is 5.81. The zero-order valence-electron chi connectivity index (χ0n) is 7.75. The first-order valence-corrected chi connectivity index (χ1v) is 4.80. The molecule has 1 rings (SSSR count). The summed E-state index contributed by atoms with van der Waals surface area (Å²) in [4.78, 5) is 13.4. The maximum Gasteiger partial charge on any atom is 0.239 e. The van der Waals surface area contributed by atoms with Gasteiger partial charge in [-0.05, 0) is 25.7 Å². The van der Waals surface area contributed by atoms with Gasteiger partial charge >= 0.3 is 0 Å². The molecule has 1 amide bonds. The number of hydrogen-bond acceptors (Lipinski definition) is 2. The van der Waals surface area contributed by atoms with Crippen LogP contribution in [-0.4, -0.2) is 29.9 Å². The van der Waals surface area contributed by atoms with Gasteiger partial charge in [-0.1, -0.05) is 6.92 Å². The lowest BCUT2D eigenvalue weighted by atomic mass is 10.1. The molecule has 0 spiro atoms. The van der Waals surface area contributed by atoms with E-state index in [4.69, 9.17) is 5.73 Å². The third-order valence-corrected chi connectivity index (χ3v) is 2.32. The van der Waals surface area contributed by atoms with Gasteiger partial charge in [0.1, 0.15) is 0 Å². The number of nitrogens with zero attached hydrogens (tertiary/aromatic N) is 1. The second-order valence-corrected chi connectivity index (χ2v) is 3.43. The molecule has 0 unspecified atom stereocenters. The molecule has 0 bridgehead atoms. The van der Waals surface area contributed by atoms with E-state index >= 15 is 0 Å². The standard InChI is InChI=1S/C9H18N2O/c1-2-6-11-7-4-3-5-8(10)9(11)12/h8H,2-7,10H2,1H3/t8-/m0/s1. The fourth-order valence-electron chi connectivity index (χ4n) is 1.63. The minimum Gasteiger partial charge on any atom is -0.341 e. The number of rotatable bonds is 2. The van der Waals surface area contributed by atoms with Gasteiger partial charge in [-0.3, -0.25) is 4.79 Å². The van der Waals surface area contributed by atoms with Crippen molar-refractivity contribution in [1.29, 1.82) is 0 Å². The van der Waals surface area contributed by atoms with Gasteiger partial charge in [0.05, 0.1) is 6.04 Å². The van der Waals surface area contributed by atoms with Crippen molar-refractivity contribution in [3.8, 4) is 0 Å². The van der Waals surface area contributed by atoms with Crippen LogP contribution >= 0.6 is 0 Å². The fourth-order valence-corrected chi connectivity index (χ4v) is 1.63. The van der Waals surface area contributed by atoms with Gasteiger partial charge in [0.2, 0.25) is 5.91 Å². The van der Waals surface area contributed by atoms with Crippen molar-refractivity contribution in [2.24, 2.45) is 5.73 Å². The molecule has 3 heteroatoms. The highest BCUT2D eigenvalue weighted by Gasteiger charge is 2.22. The molecule has 0 radical (unpaired) electrons. The molecule has 0 aromatic carbocycles. The van der Waals surface area contributed by atoms with Gasteiger partial charge in [0.15, 0.2) is 0 Å². The highest BCUT2D eigenvalue weighted by atomic mass is 16.2. The number of likely N-dealkylation sites (tertiary alicyclic amines) is 1. The Morgan fingerprint density at radius 1 is 1.58 bits per heavy atom. The summed E-state index contributed by atoms with van der Waals surface area (Å²) >= 11 is 0. The third-order valence-electron chi connectivity index (χ3n) is 2.32. The summed E-state index contributed by atoms with van der Waals surface area (Å²) in [5.41, 5.74) is 5.71. The van der Waals surface area contributed by atoms with Crippen molar-refractivity contribution in [1.82, 2.24) is 4.90 Å². The lowest BCUT2D eigenvalue weighted by Gasteiger charge is -2.21. The van der Waals surface area contributed by atoms with Gasteiger partial charge in [-0.2, -0.15) is 0 Å². The Bertz CT molecular complexity index is 159. The van der Waals surface area contributed by atoms with Gasteiger partial charge < -0.3 is 10.6 Å². The van der Waals surface area contributed by atoms with E-state index in [2.05, 4.69) is 6.92 Å². The molecule has 1 heterocycles. The van der Waals surface area contributed by atoms with Crippen LogP contribution in [0.4, 0.5) is 0 Å². The molecule has 0 saturated carbocycles. The summed E-state index contributed by atoms with van der Waals surface area (Å²) in [7, 11) is 0. The molecule has 1 atom stereocenters. The Morgan fingerprint density at radius 3 is 3.00 bits per heavy atom. The molecule has 12 heavy (non-hydrogen) atoms. The van der Waals surface area contributed by atoms with Crippen molar-refractivity contribution in [2.75, 3.05) is 13.1 Å². The summed E-state index contributed by atoms with van der Waals surface area (Å²) < 4.78 is 0. The molecule has 1 saturated heterocycles. The SMILES string of the molecule is CCCN1CCCC[C@H](N)C1=O. The lowest BCUT2D eigenvalue weighted by molar-refractivity contribution is -0.132. The van der Waals surface area contributed by atoms with Gasteiger partial charge in [0, 0.05) is 13.1 Å². The van der Waals surface area contributed by atoms with E-state index in [-0.39, 0.29) is 11.9 Å². The Morgan fingerprint density at radius 2 is 2.33 bits per heavy atom. The van der Waals surface area contributed by atoms with Crippen molar-refractivity contribution >= 4 is 5.91 Å². The molecule has 3 nitrogen and oxygen atoms in total. The molecular weight excluding hydrogens is 152 g/mol. The van der Waals surface area contributed by atoms with E-state index in [0.29, 0.717) is 0 Å². The topological polar surface area (TPSA) is 46.3 Å². The van der Waals surface area contributed by atoms with Crippen LogP contribution in [0.5, 0.6) is 0 Å². The summed E-state index contributed by atoms with van der Waals surface area (Å²) in [5, 5.41) is 0. The second kappa shape index (κ2) is 4.45. The number of nitrogens with two attached hydrogens (primary N) is 1. The number of carbonyl (C=O) groups excluding carboxylic acids is 1. The first kappa shape index (κ1) is 9.52. The molecule has 0 aromatic heterocycles. The van der Waals surface area contributed by atoms with Crippen LogP contribution in [0.2, 0.25) is 0 Å². The van der Waals surface area contributed by atoms with Crippen molar-refractivity contribution < 1.29 is 4.79 Å². The molecule has 0 aliphatic carbocycles. The van der Waals surface area contributed by atoms with E-state index in [1.165, 1.54) is 0 Å². The fraction of sp³-hybridized carbons (Fsp3) is 0.889. The van der Waals surface area contributed by atoms with Crippen molar-refractivity contribution in [2.45, 2.75) is 38.6 Å². The Labute approximate surface area is 73.9 Å². The predicted octanol–water partition coefficient (Wildman–Crippen LogP) is 0.736. The molecule has 1 fully saturated rings. The number of amides is 1. The summed E-state index contributed by atoms with van der Waals surface area (Å²) in [6.07, 6.45) is 4.09. The van der Waals surface area contributed by atoms with Crippen LogP contribution in [0.1, 0.15) is 32.6 Å². The molecule has 1 aliphatic rings. The Hall–Kier alpha value is -0.570. The normalized spacial score (nSPS) is 25.7. The molecule has 0 aromatic rings. The van der Waals surface area contributed by atoms with Crippen molar-refractivity contribution in [3.05, 3.63) is 0 Å². The van der Waals surface area contributed by atoms with Crippen LogP contribution in [0, 0.1) is 0 Å². The summed E-state index contributed by atoms with van der Waals surface area (Å²) in [6, 6.07) is -0.237. The van der Waals surface area contributed by atoms with E-state index in [0.717, 1.165) is 38.8 Å². The van der Waals surface area contributed by atoms with E-state index in [1.54, 1.807) is 0 Å². The van der Waals surface area contributed by atoms with E-state index < -0.39 is 0 Å². The predicted molar refractivity (Wildman–Crippen MR) is 48.7 cm³/mol. The van der Waals surface area contributed by atoms with Crippen LogP contribution in [0.3, 0.4) is 0 Å². The molecule has 2 N–H and O–H groups in total. The van der Waals surface area contributed by atoms with Crippen LogP contribution in [0.15, 0.2) is 0 Å². The number of carbonyl (C=O) groups is 1. The van der Waals surface area contributed by atoms with Crippen LogP contribution in [-0.2, 0) is 4.79 Å². The van der Waals surface area contributed by atoms with Crippen molar-refractivity contribution in [3.63, 3.8) is 0 Å². The summed E-state index contributed by atoms with van der Waals surface area (Å²) in [6.45, 7) is 3.86. The minimum atomic E-state index is -0.237. The average molecular weight is 170 g/mol. The molecule has 70 valence electrons. The zero-order valence-corrected chi connectivity index (χ0v) is 7.75. The van der Waals surface area contributed by atoms with E-state index in [1.807, 2.05) is 4.90 Å². The van der Waals surface area contributed by atoms with E-state index in [9.17, 15) is 4.79 Å². The first-order chi connectivity index (χ1) is 5.75. The average Bonchev–Trinajstić information content (AvgIpc) is 2.20. The minimum absolute atomic E-state index is 0.148. The largest absolute Gasteiger partial charge is 0.341 e.